The van der Waals surface area contributed by atoms with E-state index in [1.165, 1.54) is 0 Å². The van der Waals surface area contributed by atoms with Gasteiger partial charge in [-0.25, -0.2) is 9.97 Å². The van der Waals surface area contributed by atoms with Crippen molar-refractivity contribution in [2.45, 2.75) is 26.7 Å². The zero-order valence-electron chi connectivity index (χ0n) is 14.7. The van der Waals surface area contributed by atoms with Crippen molar-refractivity contribution in [1.29, 1.82) is 0 Å². The molecule has 0 aliphatic heterocycles. The maximum absolute atomic E-state index is 12.2. The monoisotopic (exact) mass is 335 g/mol. The highest BCUT2D eigenvalue weighted by Crippen LogP contribution is 2.18. The van der Waals surface area contributed by atoms with E-state index in [1.54, 1.807) is 7.11 Å². The molecule has 1 aromatic carbocycles. The van der Waals surface area contributed by atoms with E-state index in [9.17, 15) is 4.79 Å². The molecule has 3 aromatic rings. The fourth-order valence-corrected chi connectivity index (χ4v) is 2.76. The molecule has 25 heavy (non-hydrogen) atoms. The van der Waals surface area contributed by atoms with Gasteiger partial charge in [0.25, 0.3) is 0 Å². The average Bonchev–Trinajstić information content (AvgIpc) is 2.60. The molecule has 0 aliphatic carbocycles. The first-order valence-corrected chi connectivity index (χ1v) is 8.23. The second kappa shape index (κ2) is 7.30. The van der Waals surface area contributed by atoms with Crippen molar-refractivity contribution in [2.75, 3.05) is 12.4 Å². The van der Waals surface area contributed by atoms with Crippen molar-refractivity contribution in [2.24, 2.45) is 0 Å². The molecular formula is C20H21N3O2. The summed E-state index contributed by atoms with van der Waals surface area (Å²) in [5, 5.41) is 3.85. The summed E-state index contributed by atoms with van der Waals surface area (Å²) >= 11 is 0. The molecule has 5 heteroatoms. The molecule has 2 heterocycles. The van der Waals surface area contributed by atoms with Gasteiger partial charge >= 0.3 is 0 Å². The third kappa shape index (κ3) is 4.12. The summed E-state index contributed by atoms with van der Waals surface area (Å²) in [5.41, 5.74) is 3.80. The Morgan fingerprint density at radius 3 is 2.56 bits per heavy atom. The van der Waals surface area contributed by atoms with E-state index in [0.717, 1.165) is 28.0 Å². The minimum atomic E-state index is -0.0629. The van der Waals surface area contributed by atoms with E-state index >= 15 is 0 Å². The summed E-state index contributed by atoms with van der Waals surface area (Å²) in [4.78, 5) is 21.1. The number of amides is 1. The van der Waals surface area contributed by atoms with Crippen LogP contribution >= 0.6 is 0 Å². The Morgan fingerprint density at radius 1 is 1.08 bits per heavy atom. The Labute approximate surface area is 147 Å². The number of carbonyl (C=O) groups excluding carboxylic acids is 1. The highest BCUT2D eigenvalue weighted by Gasteiger charge is 2.07. The molecule has 0 unspecified atom stereocenters. The Balaban J connectivity index is 1.65. The van der Waals surface area contributed by atoms with Crippen molar-refractivity contribution < 1.29 is 9.53 Å². The SMILES string of the molecule is COc1ccc(CCC(=O)Nc2ccc3c(C)cc(C)nc3n2)cc1. The van der Waals surface area contributed by atoms with Gasteiger partial charge in [0.15, 0.2) is 5.65 Å². The molecule has 1 amide bonds. The predicted molar refractivity (Wildman–Crippen MR) is 99.0 cm³/mol. The van der Waals surface area contributed by atoms with Crippen LogP contribution in [0.15, 0.2) is 42.5 Å². The fraction of sp³-hybridized carbons (Fsp3) is 0.250. The smallest absolute Gasteiger partial charge is 0.225 e. The first-order chi connectivity index (χ1) is 12.0. The van der Waals surface area contributed by atoms with Crippen LogP contribution in [0.3, 0.4) is 0 Å². The largest absolute Gasteiger partial charge is 0.497 e. The topological polar surface area (TPSA) is 64.1 Å². The van der Waals surface area contributed by atoms with Crippen LogP contribution in [-0.2, 0) is 11.2 Å². The van der Waals surface area contributed by atoms with Gasteiger partial charge in [-0.05, 0) is 61.7 Å². The quantitative estimate of drug-likeness (QED) is 0.770. The zero-order chi connectivity index (χ0) is 17.8. The van der Waals surface area contributed by atoms with E-state index in [4.69, 9.17) is 4.74 Å². The van der Waals surface area contributed by atoms with E-state index in [0.29, 0.717) is 24.3 Å². The lowest BCUT2D eigenvalue weighted by Gasteiger charge is -2.08. The lowest BCUT2D eigenvalue weighted by molar-refractivity contribution is -0.116. The maximum Gasteiger partial charge on any atom is 0.225 e. The van der Waals surface area contributed by atoms with Crippen LogP contribution in [0.4, 0.5) is 5.82 Å². The van der Waals surface area contributed by atoms with Crippen LogP contribution in [0.1, 0.15) is 23.2 Å². The number of nitrogens with zero attached hydrogens (tertiary/aromatic N) is 2. The molecule has 2 aromatic heterocycles. The number of ether oxygens (including phenoxy) is 1. The number of fused-ring (bicyclic) bond motifs is 1. The Hall–Kier alpha value is -2.95. The number of carbonyl (C=O) groups is 1. The molecule has 5 nitrogen and oxygen atoms in total. The molecule has 0 aliphatic rings. The highest BCUT2D eigenvalue weighted by molar-refractivity contribution is 5.91. The number of benzene rings is 1. The van der Waals surface area contributed by atoms with Crippen LogP contribution in [0.5, 0.6) is 5.75 Å². The number of aryl methyl sites for hydroxylation is 3. The molecular weight excluding hydrogens is 314 g/mol. The van der Waals surface area contributed by atoms with Crippen LogP contribution < -0.4 is 10.1 Å². The molecule has 0 fully saturated rings. The van der Waals surface area contributed by atoms with E-state index in [1.807, 2.05) is 56.3 Å². The standard InChI is InChI=1S/C20H21N3O2/c1-13-12-14(2)21-20-17(13)9-10-18(23-20)22-19(24)11-6-15-4-7-16(25-3)8-5-15/h4-5,7-10,12H,6,11H2,1-3H3,(H,21,22,23,24). The molecule has 128 valence electrons. The summed E-state index contributed by atoms with van der Waals surface area (Å²) in [6.07, 6.45) is 1.06. The number of methoxy groups -OCH3 is 1. The van der Waals surface area contributed by atoms with Gasteiger partial charge in [-0.15, -0.1) is 0 Å². The van der Waals surface area contributed by atoms with Crippen LogP contribution in [-0.4, -0.2) is 23.0 Å². The number of aromatic nitrogens is 2. The molecule has 1 N–H and O–H groups in total. The minimum Gasteiger partial charge on any atom is -0.497 e. The van der Waals surface area contributed by atoms with Crippen molar-refractivity contribution in [3.63, 3.8) is 0 Å². The lowest BCUT2D eigenvalue weighted by Crippen LogP contribution is -2.13. The van der Waals surface area contributed by atoms with Gasteiger partial charge in [0.05, 0.1) is 7.11 Å². The second-order valence-electron chi connectivity index (χ2n) is 6.04. The molecule has 3 rings (SSSR count). The maximum atomic E-state index is 12.2. The zero-order valence-corrected chi connectivity index (χ0v) is 14.7. The van der Waals surface area contributed by atoms with Crippen molar-refractivity contribution >= 4 is 22.8 Å². The van der Waals surface area contributed by atoms with E-state index in [2.05, 4.69) is 15.3 Å². The first-order valence-electron chi connectivity index (χ1n) is 8.23. The summed E-state index contributed by atoms with van der Waals surface area (Å²) in [7, 11) is 1.64. The summed E-state index contributed by atoms with van der Waals surface area (Å²) in [5.74, 6) is 1.28. The third-order valence-electron chi connectivity index (χ3n) is 4.07. The Kier molecular flexibility index (Phi) is 4.93. The van der Waals surface area contributed by atoms with Crippen LogP contribution in [0.2, 0.25) is 0 Å². The summed E-state index contributed by atoms with van der Waals surface area (Å²) in [6.45, 7) is 3.97. The molecule has 0 atom stereocenters. The summed E-state index contributed by atoms with van der Waals surface area (Å²) in [6, 6.07) is 13.5. The van der Waals surface area contributed by atoms with Crippen LogP contribution in [0.25, 0.3) is 11.0 Å². The number of hydrogen-bond donors (Lipinski definition) is 1. The van der Waals surface area contributed by atoms with Gasteiger partial charge in [-0.2, -0.15) is 0 Å². The third-order valence-corrected chi connectivity index (χ3v) is 4.07. The minimum absolute atomic E-state index is 0.0629. The number of pyridine rings is 2. The number of rotatable bonds is 5. The molecule has 0 saturated heterocycles. The number of nitrogens with one attached hydrogen (secondary N) is 1. The van der Waals surface area contributed by atoms with Crippen molar-refractivity contribution in [1.82, 2.24) is 9.97 Å². The first kappa shape index (κ1) is 16.9. The Bertz CT molecular complexity index is 905. The van der Waals surface area contributed by atoms with Crippen molar-refractivity contribution in [3.05, 3.63) is 59.3 Å². The van der Waals surface area contributed by atoms with Gasteiger partial charge in [0, 0.05) is 17.5 Å². The molecule has 0 saturated carbocycles. The number of anilines is 1. The van der Waals surface area contributed by atoms with Gasteiger partial charge < -0.3 is 10.1 Å². The van der Waals surface area contributed by atoms with Crippen molar-refractivity contribution in [3.8, 4) is 5.75 Å². The van der Waals surface area contributed by atoms with Gasteiger partial charge in [-0.3, -0.25) is 4.79 Å². The Morgan fingerprint density at radius 2 is 1.84 bits per heavy atom. The van der Waals surface area contributed by atoms with Gasteiger partial charge in [-0.1, -0.05) is 12.1 Å². The summed E-state index contributed by atoms with van der Waals surface area (Å²) < 4.78 is 5.13. The van der Waals surface area contributed by atoms with Crippen LogP contribution in [0, 0.1) is 13.8 Å². The number of hydrogen-bond acceptors (Lipinski definition) is 4. The average molecular weight is 335 g/mol. The molecule has 0 spiro atoms. The van der Waals surface area contributed by atoms with E-state index in [-0.39, 0.29) is 5.91 Å². The fourth-order valence-electron chi connectivity index (χ4n) is 2.76. The van der Waals surface area contributed by atoms with Gasteiger partial charge in [0.2, 0.25) is 5.91 Å². The normalized spacial score (nSPS) is 10.7. The predicted octanol–water partition coefficient (Wildman–Crippen LogP) is 3.83. The highest BCUT2D eigenvalue weighted by atomic mass is 16.5. The second-order valence-corrected chi connectivity index (χ2v) is 6.04. The van der Waals surface area contributed by atoms with Gasteiger partial charge in [0.1, 0.15) is 11.6 Å². The van der Waals surface area contributed by atoms with E-state index < -0.39 is 0 Å². The molecule has 0 radical (unpaired) electrons. The lowest BCUT2D eigenvalue weighted by atomic mass is 10.1. The molecule has 0 bridgehead atoms.